The lowest BCUT2D eigenvalue weighted by atomic mass is 9.79. The lowest BCUT2D eigenvalue weighted by Gasteiger charge is -2.24. The first-order valence-electron chi connectivity index (χ1n) is 18.0. The molecule has 10 aromatic rings. The van der Waals surface area contributed by atoms with Crippen LogP contribution in [0.25, 0.3) is 93.7 Å². The minimum atomic E-state index is -0.185. The van der Waals surface area contributed by atoms with Gasteiger partial charge in [0.15, 0.2) is 0 Å². The van der Waals surface area contributed by atoms with Gasteiger partial charge in [-0.15, -0.1) is 0 Å². The minimum absolute atomic E-state index is 0.185. The highest BCUT2D eigenvalue weighted by Gasteiger charge is 2.38. The summed E-state index contributed by atoms with van der Waals surface area (Å²) in [6.07, 6.45) is 0. The molecule has 244 valence electrons. The molecule has 0 N–H and O–H groups in total. The van der Waals surface area contributed by atoms with Crippen LogP contribution >= 0.6 is 0 Å². The zero-order chi connectivity index (χ0) is 34.6. The third kappa shape index (κ3) is 4.08. The number of fused-ring (bicyclic) bond motifs is 9. The molecular formula is C49H33N3. The largest absolute Gasteiger partial charge is 0.278 e. The molecule has 0 amide bonds. The number of benzene rings is 8. The Hall–Kier alpha value is -6.58. The maximum absolute atomic E-state index is 5.59. The molecule has 0 bridgehead atoms. The molecule has 0 spiro atoms. The Morgan fingerprint density at radius 2 is 1.12 bits per heavy atom. The van der Waals surface area contributed by atoms with Crippen molar-refractivity contribution in [1.82, 2.24) is 14.5 Å². The predicted molar refractivity (Wildman–Crippen MR) is 217 cm³/mol. The summed E-state index contributed by atoms with van der Waals surface area (Å²) in [6, 6.07) is 59.3. The fraction of sp³-hybridized carbons (Fsp3) is 0.0612. The van der Waals surface area contributed by atoms with Crippen LogP contribution in [-0.2, 0) is 5.41 Å². The summed E-state index contributed by atoms with van der Waals surface area (Å²) in [6.45, 7) is 4.69. The van der Waals surface area contributed by atoms with Crippen LogP contribution in [-0.4, -0.2) is 14.5 Å². The molecule has 52 heavy (non-hydrogen) atoms. The molecule has 0 saturated carbocycles. The molecule has 0 radical (unpaired) electrons. The van der Waals surface area contributed by atoms with Crippen LogP contribution in [0.2, 0.25) is 0 Å². The number of nitrogens with zero attached hydrogens (tertiary/aromatic N) is 3. The Labute approximate surface area is 301 Å². The van der Waals surface area contributed by atoms with E-state index in [1.807, 2.05) is 0 Å². The molecular weight excluding hydrogens is 631 g/mol. The second kappa shape index (κ2) is 10.7. The van der Waals surface area contributed by atoms with Crippen molar-refractivity contribution in [2.75, 3.05) is 0 Å². The van der Waals surface area contributed by atoms with Crippen LogP contribution in [0, 0.1) is 0 Å². The molecule has 0 atom stereocenters. The van der Waals surface area contributed by atoms with Crippen molar-refractivity contribution in [2.45, 2.75) is 19.3 Å². The SMILES string of the molecule is CC1(C)c2ccccc2-c2cccc(-c3nc(-n4c5cc6ccccc6cc5c5c(-c6ccc7ccccc7c6)cccc54)nc4ccccc34)c21. The Kier molecular flexibility index (Phi) is 6.01. The van der Waals surface area contributed by atoms with Crippen molar-refractivity contribution in [3.05, 3.63) is 175 Å². The van der Waals surface area contributed by atoms with E-state index in [0.717, 1.165) is 33.2 Å². The van der Waals surface area contributed by atoms with Crippen molar-refractivity contribution in [3.63, 3.8) is 0 Å². The molecule has 0 unspecified atom stereocenters. The molecule has 0 fully saturated rings. The fourth-order valence-electron chi connectivity index (χ4n) is 8.98. The zero-order valence-electron chi connectivity index (χ0n) is 28.9. The molecule has 8 aromatic carbocycles. The van der Waals surface area contributed by atoms with Gasteiger partial charge in [-0.3, -0.25) is 4.57 Å². The smallest absolute Gasteiger partial charge is 0.235 e. The topological polar surface area (TPSA) is 30.7 Å². The van der Waals surface area contributed by atoms with Gasteiger partial charge in [0.1, 0.15) is 0 Å². The third-order valence-electron chi connectivity index (χ3n) is 11.3. The summed E-state index contributed by atoms with van der Waals surface area (Å²) in [7, 11) is 0. The number of hydrogen-bond acceptors (Lipinski definition) is 2. The van der Waals surface area contributed by atoms with Crippen LogP contribution in [0.1, 0.15) is 25.0 Å². The Morgan fingerprint density at radius 3 is 1.98 bits per heavy atom. The van der Waals surface area contributed by atoms with Crippen LogP contribution in [0.5, 0.6) is 0 Å². The van der Waals surface area contributed by atoms with Crippen LogP contribution < -0.4 is 0 Å². The van der Waals surface area contributed by atoms with Crippen molar-refractivity contribution in [1.29, 1.82) is 0 Å². The molecule has 2 aromatic heterocycles. The van der Waals surface area contributed by atoms with Gasteiger partial charge in [0.25, 0.3) is 0 Å². The molecule has 0 aliphatic heterocycles. The molecule has 2 heterocycles. The van der Waals surface area contributed by atoms with E-state index in [0.29, 0.717) is 5.95 Å². The van der Waals surface area contributed by atoms with E-state index in [9.17, 15) is 0 Å². The quantitative estimate of drug-likeness (QED) is 0.188. The van der Waals surface area contributed by atoms with Gasteiger partial charge in [-0.2, -0.15) is 0 Å². The van der Waals surface area contributed by atoms with E-state index in [-0.39, 0.29) is 5.41 Å². The van der Waals surface area contributed by atoms with Gasteiger partial charge in [0.05, 0.1) is 22.2 Å². The van der Waals surface area contributed by atoms with E-state index < -0.39 is 0 Å². The summed E-state index contributed by atoms with van der Waals surface area (Å²) >= 11 is 0. The standard InChI is InChI=1S/C49H33N3/c1-49(2)41-22-9-7-17-36(41)37-20-11-21-39(46(37)49)47-38-18-8-10-23-42(38)50-48(51-47)52-43-24-12-19-35(34-26-25-30-13-3-4-14-31(30)27-34)45(43)40-28-32-15-5-6-16-33(32)29-44(40)52/h3-29H,1-2H3. The summed E-state index contributed by atoms with van der Waals surface area (Å²) in [5.41, 5.74) is 12.7. The van der Waals surface area contributed by atoms with Gasteiger partial charge in [0, 0.05) is 27.1 Å². The van der Waals surface area contributed by atoms with Gasteiger partial charge < -0.3 is 0 Å². The van der Waals surface area contributed by atoms with E-state index in [4.69, 9.17) is 9.97 Å². The zero-order valence-corrected chi connectivity index (χ0v) is 28.9. The summed E-state index contributed by atoms with van der Waals surface area (Å²) in [5.74, 6) is 0.672. The molecule has 1 aliphatic carbocycles. The molecule has 11 rings (SSSR count). The Bertz CT molecular complexity index is 3110. The Morgan fingerprint density at radius 1 is 0.462 bits per heavy atom. The summed E-state index contributed by atoms with van der Waals surface area (Å²) in [5, 5.41) is 8.31. The highest BCUT2D eigenvalue weighted by molar-refractivity contribution is 6.19. The van der Waals surface area contributed by atoms with Gasteiger partial charge in [-0.25, -0.2) is 9.97 Å². The number of para-hydroxylation sites is 1. The van der Waals surface area contributed by atoms with E-state index >= 15 is 0 Å². The number of aromatic nitrogens is 3. The lowest BCUT2D eigenvalue weighted by molar-refractivity contribution is 0.662. The molecule has 0 saturated heterocycles. The van der Waals surface area contributed by atoms with Crippen molar-refractivity contribution >= 4 is 54.3 Å². The maximum atomic E-state index is 5.59. The second-order valence-electron chi connectivity index (χ2n) is 14.6. The van der Waals surface area contributed by atoms with E-state index in [1.165, 1.54) is 65.7 Å². The van der Waals surface area contributed by atoms with Crippen LogP contribution in [0.4, 0.5) is 0 Å². The normalized spacial score (nSPS) is 13.3. The third-order valence-corrected chi connectivity index (χ3v) is 11.3. The number of hydrogen-bond donors (Lipinski definition) is 0. The van der Waals surface area contributed by atoms with E-state index in [2.05, 4.69) is 182 Å². The van der Waals surface area contributed by atoms with Crippen molar-refractivity contribution < 1.29 is 0 Å². The van der Waals surface area contributed by atoms with Crippen LogP contribution in [0.15, 0.2) is 164 Å². The first-order chi connectivity index (χ1) is 25.5. The van der Waals surface area contributed by atoms with Crippen LogP contribution in [0.3, 0.4) is 0 Å². The molecule has 3 nitrogen and oxygen atoms in total. The van der Waals surface area contributed by atoms with Crippen molar-refractivity contribution in [3.8, 4) is 39.5 Å². The summed E-state index contributed by atoms with van der Waals surface area (Å²) < 4.78 is 2.29. The lowest BCUT2D eigenvalue weighted by Crippen LogP contribution is -2.16. The van der Waals surface area contributed by atoms with Gasteiger partial charge in [-0.05, 0) is 85.3 Å². The molecule has 3 heteroatoms. The molecule has 1 aliphatic rings. The van der Waals surface area contributed by atoms with Gasteiger partial charge in [-0.1, -0.05) is 147 Å². The second-order valence-corrected chi connectivity index (χ2v) is 14.6. The highest BCUT2D eigenvalue weighted by Crippen LogP contribution is 2.52. The number of rotatable bonds is 3. The minimum Gasteiger partial charge on any atom is -0.278 e. The maximum Gasteiger partial charge on any atom is 0.235 e. The first-order valence-corrected chi connectivity index (χ1v) is 18.0. The first kappa shape index (κ1) is 29.2. The average Bonchev–Trinajstić information content (AvgIpc) is 3.64. The average molecular weight is 664 g/mol. The Balaban J connectivity index is 1.24. The van der Waals surface area contributed by atoms with Crippen molar-refractivity contribution in [2.24, 2.45) is 0 Å². The summed E-state index contributed by atoms with van der Waals surface area (Å²) in [4.78, 5) is 10.9. The highest BCUT2D eigenvalue weighted by atomic mass is 15.2. The van der Waals surface area contributed by atoms with Gasteiger partial charge in [0.2, 0.25) is 5.95 Å². The fourth-order valence-corrected chi connectivity index (χ4v) is 8.98. The van der Waals surface area contributed by atoms with E-state index in [1.54, 1.807) is 0 Å². The van der Waals surface area contributed by atoms with Gasteiger partial charge >= 0.3 is 0 Å². The monoisotopic (exact) mass is 663 g/mol. The predicted octanol–water partition coefficient (Wildman–Crippen LogP) is 12.7.